The van der Waals surface area contributed by atoms with Crippen molar-refractivity contribution in [3.05, 3.63) is 78.1 Å². The van der Waals surface area contributed by atoms with Crippen molar-refractivity contribution in [2.75, 3.05) is 0 Å². The van der Waals surface area contributed by atoms with Crippen LogP contribution in [0, 0.1) is 0 Å². The quantitative estimate of drug-likeness (QED) is 0.498. The Morgan fingerprint density at radius 2 is 1.61 bits per heavy atom. The number of pyridine rings is 1. The molecule has 2 nitrogen and oxygen atoms in total. The molecular weight excluding hydrogens is 280 g/mol. The predicted octanol–water partition coefficient (Wildman–Crippen LogP) is 5.36. The predicted molar refractivity (Wildman–Crippen MR) is 96.9 cm³/mol. The van der Waals surface area contributed by atoms with Gasteiger partial charge in [0.25, 0.3) is 0 Å². The molecule has 2 aromatic heterocycles. The Morgan fingerprint density at radius 3 is 2.39 bits per heavy atom. The molecule has 0 aliphatic rings. The molecule has 0 spiro atoms. The van der Waals surface area contributed by atoms with E-state index < -0.39 is 0 Å². The Hall–Kier alpha value is -2.61. The van der Waals surface area contributed by atoms with Crippen LogP contribution in [0.15, 0.2) is 66.9 Å². The molecule has 0 N–H and O–H groups in total. The van der Waals surface area contributed by atoms with Crippen molar-refractivity contribution in [2.24, 2.45) is 0 Å². The van der Waals surface area contributed by atoms with Crippen LogP contribution < -0.4 is 0 Å². The molecule has 4 aromatic rings. The Balaban J connectivity index is 2.06. The van der Waals surface area contributed by atoms with Crippen molar-refractivity contribution in [1.29, 1.82) is 0 Å². The molecule has 2 heterocycles. The van der Waals surface area contributed by atoms with Gasteiger partial charge in [-0.1, -0.05) is 62.4 Å². The molecule has 0 radical (unpaired) electrons. The molecule has 0 saturated heterocycles. The number of hydrogen-bond donors (Lipinski definition) is 0. The molecule has 0 unspecified atom stereocenters. The lowest BCUT2D eigenvalue weighted by Gasteiger charge is -2.12. The van der Waals surface area contributed by atoms with E-state index in [1.165, 1.54) is 33.1 Å². The molecule has 23 heavy (non-hydrogen) atoms. The third kappa shape index (κ3) is 2.31. The van der Waals surface area contributed by atoms with Crippen molar-refractivity contribution in [3.63, 3.8) is 0 Å². The van der Waals surface area contributed by atoms with Crippen molar-refractivity contribution in [2.45, 2.75) is 26.3 Å². The van der Waals surface area contributed by atoms with Crippen LogP contribution in [0.2, 0.25) is 0 Å². The zero-order chi connectivity index (χ0) is 15.8. The highest BCUT2D eigenvalue weighted by Gasteiger charge is 2.16. The first-order valence-corrected chi connectivity index (χ1v) is 8.15. The highest BCUT2D eigenvalue weighted by molar-refractivity contribution is 6.08. The topological polar surface area (TPSA) is 17.8 Å². The zero-order valence-corrected chi connectivity index (χ0v) is 13.5. The first-order valence-electron chi connectivity index (χ1n) is 8.15. The third-order valence-electron chi connectivity index (χ3n) is 4.44. The zero-order valence-electron chi connectivity index (χ0n) is 13.5. The third-order valence-corrected chi connectivity index (χ3v) is 4.44. The van der Waals surface area contributed by atoms with E-state index in [-0.39, 0.29) is 0 Å². The van der Waals surface area contributed by atoms with E-state index in [2.05, 4.69) is 84.1 Å². The number of aromatic nitrogens is 2. The number of rotatable bonds is 3. The lowest BCUT2D eigenvalue weighted by atomic mass is 10.1. The number of para-hydroxylation sites is 1. The molecule has 2 aromatic carbocycles. The average molecular weight is 300 g/mol. The van der Waals surface area contributed by atoms with Gasteiger partial charge in [0, 0.05) is 29.0 Å². The Bertz CT molecular complexity index is 965. The summed E-state index contributed by atoms with van der Waals surface area (Å²) in [7, 11) is 0. The maximum atomic E-state index is 4.68. The fourth-order valence-corrected chi connectivity index (χ4v) is 3.38. The summed E-state index contributed by atoms with van der Waals surface area (Å²) in [6.45, 7) is 5.30. The molecule has 0 aliphatic carbocycles. The molecule has 114 valence electrons. The largest absolute Gasteiger partial charge is 0.334 e. The smallest absolute Gasteiger partial charge is 0.0716 e. The van der Waals surface area contributed by atoms with Gasteiger partial charge in [-0.15, -0.1) is 0 Å². The van der Waals surface area contributed by atoms with Gasteiger partial charge in [-0.25, -0.2) is 0 Å². The van der Waals surface area contributed by atoms with Gasteiger partial charge in [0.2, 0.25) is 0 Å². The molecule has 2 heteroatoms. The van der Waals surface area contributed by atoms with Crippen molar-refractivity contribution in [3.8, 4) is 0 Å². The first-order chi connectivity index (χ1) is 11.3. The second-order valence-corrected chi connectivity index (χ2v) is 6.34. The molecule has 0 saturated carbocycles. The first kappa shape index (κ1) is 14.0. The molecule has 4 rings (SSSR count). The van der Waals surface area contributed by atoms with E-state index in [1.807, 2.05) is 6.20 Å². The molecule has 0 fully saturated rings. The summed E-state index contributed by atoms with van der Waals surface area (Å²) in [5, 5.41) is 2.61. The molecule has 0 amide bonds. The van der Waals surface area contributed by atoms with Crippen LogP contribution in [0.4, 0.5) is 0 Å². The summed E-state index contributed by atoms with van der Waals surface area (Å²) >= 11 is 0. The summed E-state index contributed by atoms with van der Waals surface area (Å²) in [5.41, 5.74) is 5.04. The van der Waals surface area contributed by atoms with Crippen LogP contribution in [0.25, 0.3) is 21.8 Å². The summed E-state index contributed by atoms with van der Waals surface area (Å²) in [4.78, 5) is 4.68. The molecule has 0 atom stereocenters. The van der Waals surface area contributed by atoms with Gasteiger partial charge in [-0.2, -0.15) is 0 Å². The standard InChI is InChI=1S/C21H20N2/c1-15(2)20-21-18(12-13-22-20)17-10-6-7-11-19(17)23(21)14-16-8-4-3-5-9-16/h3-13,15H,14H2,1-2H3. The second-order valence-electron chi connectivity index (χ2n) is 6.34. The van der Waals surface area contributed by atoms with E-state index in [4.69, 9.17) is 0 Å². The molecule has 0 bridgehead atoms. The average Bonchev–Trinajstić information content (AvgIpc) is 2.90. The van der Waals surface area contributed by atoms with E-state index in [0.29, 0.717) is 5.92 Å². The van der Waals surface area contributed by atoms with Gasteiger partial charge in [-0.05, 0) is 23.6 Å². The van der Waals surface area contributed by atoms with Crippen LogP contribution in [0.3, 0.4) is 0 Å². The van der Waals surface area contributed by atoms with Gasteiger partial charge in [0.1, 0.15) is 0 Å². The number of hydrogen-bond acceptors (Lipinski definition) is 1. The number of fused-ring (bicyclic) bond motifs is 3. The normalized spacial score (nSPS) is 11.6. The van der Waals surface area contributed by atoms with E-state index in [9.17, 15) is 0 Å². The van der Waals surface area contributed by atoms with Crippen molar-refractivity contribution in [1.82, 2.24) is 9.55 Å². The van der Waals surface area contributed by atoms with Gasteiger partial charge in [0.15, 0.2) is 0 Å². The Morgan fingerprint density at radius 1 is 0.870 bits per heavy atom. The minimum Gasteiger partial charge on any atom is -0.334 e. The van der Waals surface area contributed by atoms with Crippen LogP contribution in [0.5, 0.6) is 0 Å². The summed E-state index contributed by atoms with van der Waals surface area (Å²) in [6, 6.07) is 21.4. The summed E-state index contributed by atoms with van der Waals surface area (Å²) in [5.74, 6) is 0.400. The van der Waals surface area contributed by atoms with Crippen LogP contribution >= 0.6 is 0 Å². The minimum absolute atomic E-state index is 0.400. The van der Waals surface area contributed by atoms with Crippen molar-refractivity contribution < 1.29 is 0 Å². The maximum Gasteiger partial charge on any atom is 0.0716 e. The van der Waals surface area contributed by atoms with E-state index in [0.717, 1.165) is 6.54 Å². The minimum atomic E-state index is 0.400. The maximum absolute atomic E-state index is 4.68. The van der Waals surface area contributed by atoms with Gasteiger partial charge in [0.05, 0.1) is 11.2 Å². The highest BCUT2D eigenvalue weighted by atomic mass is 15.0. The number of benzene rings is 2. The molecular formula is C21H20N2. The van der Waals surface area contributed by atoms with Gasteiger partial charge in [-0.3, -0.25) is 4.98 Å². The highest BCUT2D eigenvalue weighted by Crippen LogP contribution is 2.33. The monoisotopic (exact) mass is 300 g/mol. The fraction of sp³-hybridized carbons (Fsp3) is 0.190. The van der Waals surface area contributed by atoms with Crippen molar-refractivity contribution >= 4 is 21.8 Å². The Kier molecular flexibility index (Phi) is 3.38. The number of nitrogens with zero attached hydrogens (tertiary/aromatic N) is 2. The lowest BCUT2D eigenvalue weighted by molar-refractivity contribution is 0.802. The summed E-state index contributed by atoms with van der Waals surface area (Å²) < 4.78 is 2.42. The summed E-state index contributed by atoms with van der Waals surface area (Å²) in [6.07, 6.45) is 1.94. The van der Waals surface area contributed by atoms with E-state index >= 15 is 0 Å². The second kappa shape index (κ2) is 5.54. The van der Waals surface area contributed by atoms with E-state index in [1.54, 1.807) is 0 Å². The van der Waals surface area contributed by atoms with Crippen LogP contribution in [-0.4, -0.2) is 9.55 Å². The SMILES string of the molecule is CC(C)c1nccc2c3ccccc3n(Cc3ccccc3)c12. The van der Waals surface area contributed by atoms with Gasteiger partial charge < -0.3 is 4.57 Å². The lowest BCUT2D eigenvalue weighted by Crippen LogP contribution is -2.03. The van der Waals surface area contributed by atoms with Crippen LogP contribution in [-0.2, 0) is 6.54 Å². The van der Waals surface area contributed by atoms with Crippen LogP contribution in [0.1, 0.15) is 31.0 Å². The Labute approximate surface area is 136 Å². The fourth-order valence-electron chi connectivity index (χ4n) is 3.38. The molecule has 0 aliphatic heterocycles. The van der Waals surface area contributed by atoms with Gasteiger partial charge >= 0.3 is 0 Å².